The predicted molar refractivity (Wildman–Crippen MR) is 82.8 cm³/mol. The Hall–Kier alpha value is -2.11. The Bertz CT molecular complexity index is 792. The first-order chi connectivity index (χ1) is 9.84. The number of nitriles is 1. The van der Waals surface area contributed by atoms with Gasteiger partial charge in [0.1, 0.15) is 20.8 Å². The van der Waals surface area contributed by atoms with Gasteiger partial charge in [0.25, 0.3) is 0 Å². The van der Waals surface area contributed by atoms with Gasteiger partial charge in [0.15, 0.2) is 9.84 Å². The van der Waals surface area contributed by atoms with Crippen LogP contribution in [0, 0.1) is 11.3 Å². The van der Waals surface area contributed by atoms with Crippen molar-refractivity contribution in [2.24, 2.45) is 0 Å². The summed E-state index contributed by atoms with van der Waals surface area (Å²) >= 11 is 1.04. The minimum absolute atomic E-state index is 0.00545. The number of sulfone groups is 1. The molecule has 21 heavy (non-hydrogen) atoms. The number of hydrogen-bond acceptors (Lipinski definition) is 7. The SMILES string of the molecule is CC(Nc1sc(C#N)c(N)c1S(C)(=O)=O)c1cccnc1. The average molecular weight is 322 g/mol. The van der Waals surface area contributed by atoms with Crippen LogP contribution in [-0.2, 0) is 9.84 Å². The van der Waals surface area contributed by atoms with Gasteiger partial charge in [-0.1, -0.05) is 6.07 Å². The molecule has 8 heteroatoms. The highest BCUT2D eigenvalue weighted by Gasteiger charge is 2.25. The van der Waals surface area contributed by atoms with Crippen LogP contribution in [-0.4, -0.2) is 19.7 Å². The molecule has 0 aliphatic heterocycles. The van der Waals surface area contributed by atoms with Gasteiger partial charge in [-0.15, -0.1) is 11.3 Å². The van der Waals surface area contributed by atoms with Crippen LogP contribution >= 0.6 is 11.3 Å². The lowest BCUT2D eigenvalue weighted by atomic mass is 10.1. The van der Waals surface area contributed by atoms with Crippen LogP contribution in [0.15, 0.2) is 29.4 Å². The van der Waals surface area contributed by atoms with Gasteiger partial charge >= 0.3 is 0 Å². The number of aromatic nitrogens is 1. The van der Waals surface area contributed by atoms with Crippen LogP contribution in [0.1, 0.15) is 23.4 Å². The fourth-order valence-corrected chi connectivity index (χ4v) is 4.33. The molecule has 0 aliphatic rings. The summed E-state index contributed by atoms with van der Waals surface area (Å²) < 4.78 is 23.8. The van der Waals surface area contributed by atoms with Crippen LogP contribution in [0.5, 0.6) is 0 Å². The van der Waals surface area contributed by atoms with Crippen LogP contribution < -0.4 is 11.1 Å². The molecule has 2 heterocycles. The van der Waals surface area contributed by atoms with Crippen LogP contribution in [0.2, 0.25) is 0 Å². The summed E-state index contributed by atoms with van der Waals surface area (Å²) in [5.41, 5.74) is 6.68. The van der Waals surface area contributed by atoms with Gasteiger partial charge in [0.05, 0.1) is 11.7 Å². The Morgan fingerprint density at radius 1 is 1.52 bits per heavy atom. The largest absolute Gasteiger partial charge is 0.396 e. The van der Waals surface area contributed by atoms with Crippen molar-refractivity contribution < 1.29 is 8.42 Å². The van der Waals surface area contributed by atoms with E-state index in [0.717, 1.165) is 23.2 Å². The van der Waals surface area contributed by atoms with Gasteiger partial charge in [-0.2, -0.15) is 5.26 Å². The maximum atomic E-state index is 11.9. The van der Waals surface area contributed by atoms with Crippen molar-refractivity contribution in [1.29, 1.82) is 5.26 Å². The second-order valence-electron chi connectivity index (χ2n) is 4.54. The highest BCUT2D eigenvalue weighted by molar-refractivity contribution is 7.91. The maximum absolute atomic E-state index is 11.9. The summed E-state index contributed by atoms with van der Waals surface area (Å²) in [4.78, 5) is 4.20. The number of nitrogen functional groups attached to an aromatic ring is 1. The smallest absolute Gasteiger partial charge is 0.180 e. The third-order valence-corrected chi connectivity index (χ3v) is 5.24. The second kappa shape index (κ2) is 5.71. The summed E-state index contributed by atoms with van der Waals surface area (Å²) in [6, 6.07) is 5.44. The van der Waals surface area contributed by atoms with Crippen LogP contribution in [0.25, 0.3) is 0 Å². The van der Waals surface area contributed by atoms with Crippen molar-refractivity contribution in [3.63, 3.8) is 0 Å². The van der Waals surface area contributed by atoms with E-state index in [2.05, 4.69) is 10.3 Å². The normalized spacial score (nSPS) is 12.6. The Balaban J connectivity index is 2.44. The summed E-state index contributed by atoms with van der Waals surface area (Å²) in [7, 11) is -3.53. The first-order valence-corrected chi connectivity index (χ1v) is 8.74. The number of pyridine rings is 1. The molecule has 0 radical (unpaired) electrons. The summed E-state index contributed by atoms with van der Waals surface area (Å²) in [6.45, 7) is 1.88. The van der Waals surface area contributed by atoms with E-state index in [4.69, 9.17) is 11.0 Å². The molecule has 1 unspecified atom stereocenters. The quantitative estimate of drug-likeness (QED) is 0.893. The highest BCUT2D eigenvalue weighted by Crippen LogP contribution is 2.40. The lowest BCUT2D eigenvalue weighted by Gasteiger charge is -2.14. The molecule has 2 aromatic heterocycles. The molecule has 0 saturated carbocycles. The molecular formula is C13H14N4O2S2. The molecule has 0 spiro atoms. The molecule has 0 bridgehead atoms. The fourth-order valence-electron chi connectivity index (χ4n) is 1.89. The minimum Gasteiger partial charge on any atom is -0.396 e. The zero-order valence-electron chi connectivity index (χ0n) is 11.5. The fraction of sp³-hybridized carbons (Fsp3) is 0.231. The van der Waals surface area contributed by atoms with Gasteiger partial charge in [-0.3, -0.25) is 4.98 Å². The number of nitrogens with zero attached hydrogens (tertiary/aromatic N) is 2. The topological polar surface area (TPSA) is 109 Å². The molecule has 0 aromatic carbocycles. The Labute approximate surface area is 127 Å². The van der Waals surface area contributed by atoms with E-state index >= 15 is 0 Å². The van der Waals surface area contributed by atoms with Gasteiger partial charge in [-0.25, -0.2) is 8.42 Å². The summed E-state index contributed by atoms with van der Waals surface area (Å²) in [5, 5.41) is 12.5. The lowest BCUT2D eigenvalue weighted by Crippen LogP contribution is -2.09. The van der Waals surface area contributed by atoms with Crippen molar-refractivity contribution in [3.8, 4) is 6.07 Å². The third-order valence-electron chi connectivity index (χ3n) is 2.90. The summed E-state index contributed by atoms with van der Waals surface area (Å²) in [5.74, 6) is 0. The predicted octanol–water partition coefficient (Wildman–Crippen LogP) is 2.17. The van der Waals surface area contributed by atoms with Crippen molar-refractivity contribution in [2.45, 2.75) is 17.9 Å². The van der Waals surface area contributed by atoms with Gasteiger partial charge in [0.2, 0.25) is 0 Å². The van der Waals surface area contributed by atoms with Crippen molar-refractivity contribution in [2.75, 3.05) is 17.3 Å². The summed E-state index contributed by atoms with van der Waals surface area (Å²) in [6.07, 6.45) is 4.43. The molecule has 3 N–H and O–H groups in total. The maximum Gasteiger partial charge on any atom is 0.180 e. The van der Waals surface area contributed by atoms with E-state index in [0.29, 0.717) is 5.00 Å². The van der Waals surface area contributed by atoms with Crippen LogP contribution in [0.3, 0.4) is 0 Å². The Morgan fingerprint density at radius 2 is 2.24 bits per heavy atom. The molecule has 2 rings (SSSR count). The second-order valence-corrected chi connectivity index (χ2v) is 7.51. The molecule has 1 atom stereocenters. The number of anilines is 2. The number of nitrogens with two attached hydrogens (primary N) is 1. The number of thiophene rings is 1. The standard InChI is InChI=1S/C13H14N4O2S2/c1-8(9-4-3-5-16-7-9)17-13-12(21(2,18)19)11(15)10(6-14)20-13/h3-5,7-8,17H,15H2,1-2H3. The molecular weight excluding hydrogens is 308 g/mol. The molecule has 2 aromatic rings. The van der Waals surface area contributed by atoms with E-state index in [-0.39, 0.29) is 21.5 Å². The first kappa shape index (κ1) is 15.3. The van der Waals surface area contributed by atoms with Crippen molar-refractivity contribution >= 4 is 31.9 Å². The first-order valence-electron chi connectivity index (χ1n) is 6.03. The van der Waals surface area contributed by atoms with Crippen molar-refractivity contribution in [3.05, 3.63) is 35.0 Å². The lowest BCUT2D eigenvalue weighted by molar-refractivity contribution is 0.602. The Kier molecular flexibility index (Phi) is 4.16. The highest BCUT2D eigenvalue weighted by atomic mass is 32.2. The molecule has 0 amide bonds. The molecule has 0 saturated heterocycles. The van der Waals surface area contributed by atoms with E-state index in [1.54, 1.807) is 18.5 Å². The van der Waals surface area contributed by atoms with E-state index in [1.807, 2.05) is 19.1 Å². The van der Waals surface area contributed by atoms with E-state index in [9.17, 15) is 8.42 Å². The van der Waals surface area contributed by atoms with Gasteiger partial charge in [-0.05, 0) is 18.6 Å². The molecule has 0 aliphatic carbocycles. The molecule has 110 valence electrons. The van der Waals surface area contributed by atoms with Gasteiger partial charge < -0.3 is 11.1 Å². The van der Waals surface area contributed by atoms with Gasteiger partial charge in [0, 0.05) is 18.6 Å². The number of hydrogen-bond donors (Lipinski definition) is 2. The van der Waals surface area contributed by atoms with E-state index < -0.39 is 9.84 Å². The zero-order valence-corrected chi connectivity index (χ0v) is 13.1. The monoisotopic (exact) mass is 322 g/mol. The number of nitrogens with one attached hydrogen (secondary N) is 1. The number of rotatable bonds is 4. The third kappa shape index (κ3) is 3.15. The van der Waals surface area contributed by atoms with Crippen LogP contribution in [0.4, 0.5) is 10.7 Å². The minimum atomic E-state index is -3.53. The Morgan fingerprint density at radius 3 is 2.76 bits per heavy atom. The average Bonchev–Trinajstić information content (AvgIpc) is 2.75. The van der Waals surface area contributed by atoms with Crippen molar-refractivity contribution in [1.82, 2.24) is 4.98 Å². The molecule has 6 nitrogen and oxygen atoms in total. The molecule has 0 fully saturated rings. The zero-order chi connectivity index (χ0) is 15.6. The van der Waals surface area contributed by atoms with E-state index in [1.165, 1.54) is 0 Å².